The first-order valence-corrected chi connectivity index (χ1v) is 11.6. The lowest BCUT2D eigenvalue weighted by Crippen LogP contribution is -2.35. The van der Waals surface area contributed by atoms with E-state index < -0.39 is 5.91 Å². The van der Waals surface area contributed by atoms with Gasteiger partial charge in [-0.15, -0.1) is 11.3 Å². The van der Waals surface area contributed by atoms with Crippen molar-refractivity contribution in [2.45, 2.75) is 25.2 Å². The average molecular weight is 465 g/mol. The molecule has 0 spiro atoms. The number of amides is 1. The fraction of sp³-hybridized carbons (Fsp3) is 0.292. The molecule has 1 aliphatic heterocycles. The van der Waals surface area contributed by atoms with E-state index in [0.29, 0.717) is 18.8 Å². The number of hydroxylamine groups is 1. The molecule has 170 valence electrons. The SMILES string of the molecule is COc1ccc2nc(C)c(-c3csc(C4(c5ccc(C(=O)NO)cc5)CCOCC4)n3)n2c1. The summed E-state index contributed by atoms with van der Waals surface area (Å²) in [4.78, 5) is 21.6. The Kier molecular flexibility index (Phi) is 5.61. The molecule has 0 unspecified atom stereocenters. The minimum atomic E-state index is -0.530. The predicted molar refractivity (Wildman–Crippen MR) is 124 cm³/mol. The molecule has 1 aliphatic rings. The highest BCUT2D eigenvalue weighted by atomic mass is 32.1. The number of nitrogens with one attached hydrogen (secondary N) is 1. The van der Waals surface area contributed by atoms with Crippen molar-refractivity contribution in [1.82, 2.24) is 19.8 Å². The summed E-state index contributed by atoms with van der Waals surface area (Å²) in [5, 5.41) is 12.0. The lowest BCUT2D eigenvalue weighted by molar-refractivity contribution is 0.0629. The molecule has 0 atom stereocenters. The van der Waals surface area contributed by atoms with Crippen molar-refractivity contribution in [3.05, 3.63) is 69.8 Å². The summed E-state index contributed by atoms with van der Waals surface area (Å²) in [5.74, 6) is 0.224. The van der Waals surface area contributed by atoms with E-state index in [1.165, 1.54) is 0 Å². The van der Waals surface area contributed by atoms with Crippen molar-refractivity contribution in [3.63, 3.8) is 0 Å². The van der Waals surface area contributed by atoms with Gasteiger partial charge in [-0.25, -0.2) is 15.4 Å². The van der Waals surface area contributed by atoms with Crippen molar-refractivity contribution in [2.24, 2.45) is 0 Å². The maximum Gasteiger partial charge on any atom is 0.274 e. The molecule has 0 aliphatic carbocycles. The molecule has 33 heavy (non-hydrogen) atoms. The Morgan fingerprint density at radius 1 is 1.18 bits per heavy atom. The standard InChI is InChI=1S/C24H24N4O4S/c1-15-21(28-13-18(31-2)7-8-20(28)25-15)19-14-33-23(26-19)24(9-11-32-12-10-24)17-5-3-16(4-6-17)22(29)27-30/h3-8,13-14,30H,9-12H2,1-2H3,(H,27,29). The zero-order valence-electron chi connectivity index (χ0n) is 18.4. The van der Waals surface area contributed by atoms with Crippen molar-refractivity contribution in [2.75, 3.05) is 20.3 Å². The maximum absolute atomic E-state index is 11.8. The fourth-order valence-electron chi connectivity index (χ4n) is 4.53. The second kappa shape index (κ2) is 8.58. The topological polar surface area (TPSA) is 98.0 Å². The van der Waals surface area contributed by atoms with Crippen LogP contribution in [0.25, 0.3) is 17.0 Å². The molecule has 1 fully saturated rings. The van der Waals surface area contributed by atoms with Crippen LogP contribution in [0.2, 0.25) is 0 Å². The lowest BCUT2D eigenvalue weighted by Gasteiger charge is -2.36. The molecule has 9 heteroatoms. The van der Waals surface area contributed by atoms with E-state index in [1.807, 2.05) is 41.8 Å². The van der Waals surface area contributed by atoms with E-state index in [1.54, 1.807) is 36.1 Å². The Hall–Kier alpha value is -3.27. The van der Waals surface area contributed by atoms with Crippen LogP contribution in [0.4, 0.5) is 0 Å². The number of aromatic nitrogens is 3. The maximum atomic E-state index is 11.8. The monoisotopic (exact) mass is 464 g/mol. The minimum Gasteiger partial charge on any atom is -0.495 e. The van der Waals surface area contributed by atoms with Crippen molar-refractivity contribution in [1.29, 1.82) is 0 Å². The first kappa shape index (κ1) is 21.6. The van der Waals surface area contributed by atoms with Gasteiger partial charge in [-0.2, -0.15) is 0 Å². The third-order valence-corrected chi connectivity index (χ3v) is 7.35. The van der Waals surface area contributed by atoms with Gasteiger partial charge in [0, 0.05) is 24.2 Å². The summed E-state index contributed by atoms with van der Waals surface area (Å²) in [7, 11) is 1.65. The Bertz CT molecular complexity index is 1310. The van der Waals surface area contributed by atoms with Crippen LogP contribution in [0.5, 0.6) is 5.75 Å². The molecule has 0 saturated carbocycles. The normalized spacial score (nSPS) is 15.5. The summed E-state index contributed by atoms with van der Waals surface area (Å²) >= 11 is 1.63. The number of rotatable bonds is 5. The number of carbonyl (C=O) groups is 1. The van der Waals surface area contributed by atoms with E-state index in [4.69, 9.17) is 24.6 Å². The number of imidazole rings is 1. The van der Waals surface area contributed by atoms with Crippen LogP contribution in [0, 0.1) is 6.92 Å². The number of ether oxygens (including phenoxy) is 2. The highest BCUT2D eigenvalue weighted by Gasteiger charge is 2.39. The third-order valence-electron chi connectivity index (χ3n) is 6.31. The van der Waals surface area contributed by atoms with Crippen molar-refractivity contribution in [3.8, 4) is 17.1 Å². The van der Waals surface area contributed by atoms with Gasteiger partial charge < -0.3 is 9.47 Å². The van der Waals surface area contributed by atoms with Crippen LogP contribution in [0.3, 0.4) is 0 Å². The molecule has 0 radical (unpaired) electrons. The first-order chi connectivity index (χ1) is 16.1. The molecular formula is C24H24N4O4S. The molecule has 5 rings (SSSR count). The van der Waals surface area contributed by atoms with Crippen LogP contribution >= 0.6 is 11.3 Å². The lowest BCUT2D eigenvalue weighted by atomic mass is 9.74. The van der Waals surface area contributed by atoms with E-state index in [9.17, 15) is 4.79 Å². The number of fused-ring (bicyclic) bond motifs is 1. The molecule has 0 bridgehead atoms. The molecule has 1 saturated heterocycles. The van der Waals surface area contributed by atoms with Crippen molar-refractivity contribution < 1.29 is 19.5 Å². The molecule has 8 nitrogen and oxygen atoms in total. The Morgan fingerprint density at radius 3 is 2.64 bits per heavy atom. The van der Waals surface area contributed by atoms with Gasteiger partial charge in [-0.1, -0.05) is 12.1 Å². The highest BCUT2D eigenvalue weighted by molar-refractivity contribution is 7.10. The largest absolute Gasteiger partial charge is 0.495 e. The Balaban J connectivity index is 1.59. The number of methoxy groups -OCH3 is 1. The summed E-state index contributed by atoms with van der Waals surface area (Å²) in [5.41, 5.74) is 6.43. The van der Waals surface area contributed by atoms with Gasteiger partial charge >= 0.3 is 0 Å². The van der Waals surface area contributed by atoms with Crippen LogP contribution in [-0.2, 0) is 10.2 Å². The average Bonchev–Trinajstić information content (AvgIpc) is 3.47. The van der Waals surface area contributed by atoms with Gasteiger partial charge in [-0.05, 0) is 49.6 Å². The van der Waals surface area contributed by atoms with Gasteiger partial charge in [0.15, 0.2) is 0 Å². The van der Waals surface area contributed by atoms with Gasteiger partial charge in [0.25, 0.3) is 5.91 Å². The number of carbonyl (C=O) groups excluding carboxylic acids is 1. The number of thiazole rings is 1. The second-order valence-corrected chi connectivity index (χ2v) is 8.95. The summed E-state index contributed by atoms with van der Waals surface area (Å²) in [6.07, 6.45) is 3.52. The molecule has 3 aromatic heterocycles. The number of nitrogens with zero attached hydrogens (tertiary/aromatic N) is 3. The van der Waals surface area contributed by atoms with E-state index >= 15 is 0 Å². The van der Waals surface area contributed by atoms with Crippen LogP contribution in [0.15, 0.2) is 48.0 Å². The van der Waals surface area contributed by atoms with Crippen LogP contribution in [0.1, 0.15) is 39.5 Å². The molecule has 1 aromatic carbocycles. The zero-order valence-corrected chi connectivity index (χ0v) is 19.2. The minimum absolute atomic E-state index is 0.304. The summed E-state index contributed by atoms with van der Waals surface area (Å²) in [6.45, 7) is 3.27. The third kappa shape index (κ3) is 3.68. The van der Waals surface area contributed by atoms with E-state index in [-0.39, 0.29) is 5.41 Å². The van der Waals surface area contributed by atoms with Crippen LogP contribution in [-0.4, -0.2) is 45.8 Å². The van der Waals surface area contributed by atoms with Gasteiger partial charge in [0.2, 0.25) is 0 Å². The van der Waals surface area contributed by atoms with Crippen LogP contribution < -0.4 is 10.2 Å². The number of hydrogen-bond donors (Lipinski definition) is 2. The van der Waals surface area contributed by atoms with E-state index in [2.05, 4.69) is 5.38 Å². The quantitative estimate of drug-likeness (QED) is 0.342. The van der Waals surface area contributed by atoms with Gasteiger partial charge in [-0.3, -0.25) is 14.4 Å². The van der Waals surface area contributed by atoms with Crippen molar-refractivity contribution >= 4 is 22.9 Å². The van der Waals surface area contributed by atoms with E-state index in [0.717, 1.165) is 51.9 Å². The molecule has 4 heterocycles. The number of pyridine rings is 1. The Morgan fingerprint density at radius 2 is 1.94 bits per heavy atom. The smallest absolute Gasteiger partial charge is 0.274 e. The predicted octanol–water partition coefficient (Wildman–Crippen LogP) is 3.99. The van der Waals surface area contributed by atoms with Gasteiger partial charge in [0.05, 0.1) is 30.1 Å². The molecular weight excluding hydrogens is 440 g/mol. The Labute approximate surface area is 194 Å². The molecule has 1 amide bonds. The number of benzene rings is 1. The zero-order chi connectivity index (χ0) is 23.0. The number of hydrogen-bond acceptors (Lipinski definition) is 7. The molecule has 2 N–H and O–H groups in total. The first-order valence-electron chi connectivity index (χ1n) is 10.7. The number of aryl methyl sites for hydroxylation is 1. The second-order valence-electron chi connectivity index (χ2n) is 8.09. The molecule has 4 aromatic rings. The summed E-state index contributed by atoms with van der Waals surface area (Å²) < 4.78 is 13.1. The highest BCUT2D eigenvalue weighted by Crippen LogP contribution is 2.44. The fourth-order valence-corrected chi connectivity index (χ4v) is 5.61. The summed E-state index contributed by atoms with van der Waals surface area (Å²) in [6, 6.07) is 11.2. The van der Waals surface area contributed by atoms with Gasteiger partial charge in [0.1, 0.15) is 22.1 Å².